The van der Waals surface area contributed by atoms with Crippen LogP contribution in [0.5, 0.6) is 0 Å². The van der Waals surface area contributed by atoms with Crippen LogP contribution in [0.25, 0.3) is 16.0 Å². The van der Waals surface area contributed by atoms with E-state index in [1.807, 2.05) is 6.92 Å². The van der Waals surface area contributed by atoms with Gasteiger partial charge in [0, 0.05) is 25.4 Å². The number of aromatic nitrogens is 5. The highest BCUT2D eigenvalue weighted by atomic mass is 32.1. The van der Waals surface area contributed by atoms with E-state index in [4.69, 9.17) is 4.74 Å². The molecule has 1 aliphatic rings. The normalized spacial score (nSPS) is 13.6. The molecule has 0 aliphatic heterocycles. The van der Waals surface area contributed by atoms with Gasteiger partial charge in [0.2, 0.25) is 0 Å². The highest BCUT2D eigenvalue weighted by Gasteiger charge is 2.35. The summed E-state index contributed by atoms with van der Waals surface area (Å²) in [6.45, 7) is 2.95. The first-order valence-electron chi connectivity index (χ1n) is 11.4. The van der Waals surface area contributed by atoms with E-state index in [0.29, 0.717) is 24.4 Å². The summed E-state index contributed by atoms with van der Waals surface area (Å²) in [5.74, 6) is 0. The van der Waals surface area contributed by atoms with E-state index in [1.165, 1.54) is 35.9 Å². The summed E-state index contributed by atoms with van der Waals surface area (Å²) in [7, 11) is 1.62. The van der Waals surface area contributed by atoms with E-state index < -0.39 is 17.8 Å². The molecule has 0 bridgehead atoms. The minimum atomic E-state index is -4.69. The number of anilines is 3. The predicted octanol–water partition coefficient (Wildman–Crippen LogP) is 4.86. The number of hydrogen-bond donors (Lipinski definition) is 2. The first kappa shape index (κ1) is 24.9. The molecular weight excluding hydrogens is 509 g/mol. The number of carbonyl (C=O) groups is 1. The van der Waals surface area contributed by atoms with E-state index >= 15 is 0 Å². The molecule has 194 valence electrons. The van der Waals surface area contributed by atoms with Crippen molar-refractivity contribution in [3.8, 4) is 5.69 Å². The number of thiazole rings is 1. The number of amides is 2. The predicted molar refractivity (Wildman–Crippen MR) is 133 cm³/mol. The minimum Gasteiger partial charge on any atom is -0.383 e. The van der Waals surface area contributed by atoms with Crippen molar-refractivity contribution in [2.45, 2.75) is 32.0 Å². The van der Waals surface area contributed by atoms with Gasteiger partial charge in [-0.05, 0) is 38.0 Å². The van der Waals surface area contributed by atoms with Crippen LogP contribution in [0, 0.1) is 6.92 Å². The van der Waals surface area contributed by atoms with Crippen molar-refractivity contribution < 1.29 is 22.7 Å². The lowest BCUT2D eigenvalue weighted by Gasteiger charge is -2.27. The van der Waals surface area contributed by atoms with Gasteiger partial charge < -0.3 is 20.3 Å². The van der Waals surface area contributed by atoms with Gasteiger partial charge in [-0.1, -0.05) is 11.3 Å². The zero-order valence-corrected chi connectivity index (χ0v) is 20.7. The van der Waals surface area contributed by atoms with Crippen molar-refractivity contribution in [2.75, 3.05) is 35.8 Å². The summed E-state index contributed by atoms with van der Waals surface area (Å²) in [5, 5.41) is 13.6. The van der Waals surface area contributed by atoms with Gasteiger partial charge in [0.25, 0.3) is 0 Å². The van der Waals surface area contributed by atoms with Crippen molar-refractivity contribution in [3.05, 3.63) is 47.4 Å². The van der Waals surface area contributed by atoms with Gasteiger partial charge in [-0.3, -0.25) is 0 Å². The maximum absolute atomic E-state index is 13.8. The van der Waals surface area contributed by atoms with Crippen LogP contribution in [0.3, 0.4) is 0 Å². The van der Waals surface area contributed by atoms with Crippen LogP contribution in [0.15, 0.2) is 36.8 Å². The highest BCUT2D eigenvalue weighted by Crippen LogP contribution is 2.41. The van der Waals surface area contributed by atoms with E-state index in [1.54, 1.807) is 13.3 Å². The van der Waals surface area contributed by atoms with Crippen molar-refractivity contribution in [3.63, 3.8) is 0 Å². The summed E-state index contributed by atoms with van der Waals surface area (Å²) >= 11 is 1.45. The second kappa shape index (κ2) is 9.94. The fraction of sp³-hybridized carbons (Fsp3) is 0.348. The Balaban J connectivity index is 1.44. The van der Waals surface area contributed by atoms with Crippen LogP contribution >= 0.6 is 11.3 Å². The van der Waals surface area contributed by atoms with Crippen LogP contribution in [-0.4, -0.2) is 57.3 Å². The Kier molecular flexibility index (Phi) is 6.69. The van der Waals surface area contributed by atoms with Crippen LogP contribution in [0.2, 0.25) is 0 Å². The fourth-order valence-corrected chi connectivity index (χ4v) is 4.81. The molecule has 4 aromatic rings. The third-order valence-corrected chi connectivity index (χ3v) is 6.64. The smallest absolute Gasteiger partial charge is 0.383 e. The molecule has 0 radical (unpaired) electrons. The Labute approximate surface area is 213 Å². The topological polar surface area (TPSA) is 110 Å². The standard InChI is InChI=1S/C23H23F3N8O2S/c1-13-30-19-20(33(9-10-36-2)15-4-5-15)17(12-27-21(19)37-13)32-22(35)31-14-3-6-18(34-28-7-8-29-34)16(11-14)23(24,25)26/h3,6-8,11-12,15H,4-5,9-10H2,1-2H3,(H2,31,32,35). The molecule has 1 fully saturated rings. The molecule has 3 heterocycles. The molecule has 2 amide bonds. The van der Waals surface area contributed by atoms with E-state index in [-0.39, 0.29) is 17.4 Å². The molecule has 1 aliphatic carbocycles. The molecule has 3 aromatic heterocycles. The molecule has 5 rings (SSSR count). The zero-order valence-electron chi connectivity index (χ0n) is 19.9. The molecule has 1 aromatic carbocycles. The quantitative estimate of drug-likeness (QED) is 0.334. The number of nitrogens with zero attached hydrogens (tertiary/aromatic N) is 6. The van der Waals surface area contributed by atoms with E-state index in [0.717, 1.165) is 39.2 Å². The minimum absolute atomic E-state index is 0.0424. The number of rotatable bonds is 8. The third-order valence-electron chi connectivity index (χ3n) is 5.76. The molecule has 0 unspecified atom stereocenters. The Morgan fingerprint density at radius 2 is 2.00 bits per heavy atom. The maximum Gasteiger partial charge on any atom is 0.418 e. The molecule has 10 nitrogen and oxygen atoms in total. The Morgan fingerprint density at radius 3 is 2.68 bits per heavy atom. The van der Waals surface area contributed by atoms with Crippen molar-refractivity contribution in [1.82, 2.24) is 25.0 Å². The molecule has 0 spiro atoms. The van der Waals surface area contributed by atoms with Crippen LogP contribution in [0.4, 0.5) is 35.0 Å². The molecule has 0 saturated heterocycles. The van der Waals surface area contributed by atoms with Crippen LogP contribution < -0.4 is 15.5 Å². The van der Waals surface area contributed by atoms with Gasteiger partial charge in [0.15, 0.2) is 0 Å². The number of methoxy groups -OCH3 is 1. The molecule has 1 saturated carbocycles. The van der Waals surface area contributed by atoms with Gasteiger partial charge in [-0.25, -0.2) is 14.8 Å². The van der Waals surface area contributed by atoms with Gasteiger partial charge in [0.1, 0.15) is 10.3 Å². The SMILES string of the molecule is COCCN(c1c(NC(=O)Nc2ccc(-n3nccn3)c(C(F)(F)F)c2)cnc2sc(C)nc12)C1CC1. The lowest BCUT2D eigenvalue weighted by molar-refractivity contribution is -0.137. The average Bonchev–Trinajstić information content (AvgIpc) is 3.39. The number of fused-ring (bicyclic) bond motifs is 1. The van der Waals surface area contributed by atoms with E-state index in [9.17, 15) is 18.0 Å². The number of hydrogen-bond acceptors (Lipinski definition) is 8. The fourth-order valence-electron chi connectivity index (χ4n) is 4.05. The van der Waals surface area contributed by atoms with Crippen molar-refractivity contribution in [1.29, 1.82) is 0 Å². The Hall–Kier alpha value is -3.78. The number of ether oxygens (including phenoxy) is 1. The lowest BCUT2D eigenvalue weighted by atomic mass is 10.1. The largest absolute Gasteiger partial charge is 0.418 e. The zero-order chi connectivity index (χ0) is 26.2. The summed E-state index contributed by atoms with van der Waals surface area (Å²) in [6, 6.07) is 2.97. The van der Waals surface area contributed by atoms with Crippen LogP contribution in [0.1, 0.15) is 23.4 Å². The number of pyridine rings is 1. The second-order valence-electron chi connectivity index (χ2n) is 8.45. The number of urea groups is 1. The molecule has 2 N–H and O–H groups in total. The molecule has 37 heavy (non-hydrogen) atoms. The second-order valence-corrected chi connectivity index (χ2v) is 9.63. The van der Waals surface area contributed by atoms with E-state index in [2.05, 4.69) is 35.7 Å². The number of aryl methyl sites for hydroxylation is 1. The molecular formula is C23H23F3N8O2S. The number of benzene rings is 1. The average molecular weight is 533 g/mol. The summed E-state index contributed by atoms with van der Waals surface area (Å²) in [4.78, 5) is 25.8. The Morgan fingerprint density at radius 1 is 1.24 bits per heavy atom. The molecule has 0 atom stereocenters. The first-order chi connectivity index (χ1) is 17.7. The number of carbonyl (C=O) groups excluding carboxylic acids is 1. The summed E-state index contributed by atoms with van der Waals surface area (Å²) in [6.07, 6.45) is 1.42. The monoisotopic (exact) mass is 532 g/mol. The Bertz CT molecular complexity index is 1420. The molecule has 14 heteroatoms. The van der Waals surface area contributed by atoms with Crippen molar-refractivity contribution in [2.24, 2.45) is 0 Å². The summed E-state index contributed by atoms with van der Waals surface area (Å²) in [5.41, 5.74) is 0.519. The number of halogens is 3. The first-order valence-corrected chi connectivity index (χ1v) is 12.2. The number of nitrogens with one attached hydrogen (secondary N) is 2. The number of alkyl halides is 3. The summed E-state index contributed by atoms with van der Waals surface area (Å²) < 4.78 is 46.5. The van der Waals surface area contributed by atoms with Gasteiger partial charge in [0.05, 0.1) is 52.8 Å². The maximum atomic E-state index is 13.8. The van der Waals surface area contributed by atoms with Crippen molar-refractivity contribution >= 4 is 44.8 Å². The third kappa shape index (κ3) is 5.34. The van der Waals surface area contributed by atoms with Gasteiger partial charge >= 0.3 is 12.2 Å². The van der Waals surface area contributed by atoms with Gasteiger partial charge in [-0.15, -0.1) is 0 Å². The lowest BCUT2D eigenvalue weighted by Crippen LogP contribution is -2.31. The van der Waals surface area contributed by atoms with Gasteiger partial charge in [-0.2, -0.15) is 28.2 Å². The van der Waals surface area contributed by atoms with Crippen LogP contribution in [-0.2, 0) is 10.9 Å². The highest BCUT2D eigenvalue weighted by molar-refractivity contribution is 7.18.